The average Bonchev–Trinajstić information content (AvgIpc) is 2.21. The van der Waals surface area contributed by atoms with Gasteiger partial charge in [-0.05, 0) is 39.7 Å². The van der Waals surface area contributed by atoms with Gasteiger partial charge in [-0.3, -0.25) is 0 Å². The molecule has 0 aliphatic carbocycles. The third kappa shape index (κ3) is 19.7. The third-order valence-corrected chi connectivity index (χ3v) is 1.94. The van der Waals surface area contributed by atoms with Gasteiger partial charge >= 0.3 is 0 Å². The fraction of sp³-hybridized carbons (Fsp3) is 0.692. The Morgan fingerprint density at radius 2 is 2.07 bits per heavy atom. The zero-order chi connectivity index (χ0) is 12.1. The van der Waals surface area contributed by atoms with Crippen LogP contribution in [0.3, 0.4) is 0 Å². The van der Waals surface area contributed by atoms with E-state index >= 15 is 0 Å². The van der Waals surface area contributed by atoms with E-state index in [-0.39, 0.29) is 0 Å². The van der Waals surface area contributed by atoms with Crippen molar-refractivity contribution in [1.82, 2.24) is 5.32 Å². The van der Waals surface area contributed by atoms with Gasteiger partial charge in [-0.25, -0.2) is 0 Å². The Balaban J connectivity index is 0. The van der Waals surface area contributed by atoms with E-state index in [0.29, 0.717) is 6.04 Å². The van der Waals surface area contributed by atoms with E-state index in [1.54, 1.807) is 6.08 Å². The molecule has 2 nitrogen and oxygen atoms in total. The summed E-state index contributed by atoms with van der Waals surface area (Å²) >= 11 is 0. The lowest BCUT2D eigenvalue weighted by Crippen LogP contribution is -2.39. The Morgan fingerprint density at radius 3 is 2.20 bits per heavy atom. The number of allylic oxidation sites excluding steroid dienone is 2. The predicted molar refractivity (Wildman–Crippen MR) is 71.1 cm³/mol. The highest BCUT2D eigenvalue weighted by molar-refractivity contribution is 4.84. The van der Waals surface area contributed by atoms with Gasteiger partial charge in [0.25, 0.3) is 0 Å². The molecule has 1 rings (SSSR count). The van der Waals surface area contributed by atoms with Gasteiger partial charge in [0.1, 0.15) is 0 Å². The van der Waals surface area contributed by atoms with Crippen LogP contribution in [0.15, 0.2) is 24.8 Å². The first-order chi connectivity index (χ1) is 7.08. The highest BCUT2D eigenvalue weighted by atomic mass is 14.9. The van der Waals surface area contributed by atoms with E-state index in [1.807, 2.05) is 13.8 Å². The molecule has 2 heteroatoms. The first-order valence-corrected chi connectivity index (χ1v) is 5.76. The molecule has 1 aliphatic rings. The number of hydrogen-bond donors (Lipinski definition) is 2. The van der Waals surface area contributed by atoms with Gasteiger partial charge in [-0.1, -0.05) is 18.6 Å². The molecule has 0 aromatic carbocycles. The Labute approximate surface area is 95.6 Å². The molecule has 0 radical (unpaired) electrons. The monoisotopic (exact) mass is 212 g/mol. The van der Waals surface area contributed by atoms with E-state index < -0.39 is 0 Å². The predicted octanol–water partition coefficient (Wildman–Crippen LogP) is 2.86. The zero-order valence-corrected chi connectivity index (χ0v) is 10.7. The van der Waals surface area contributed by atoms with Crippen LogP contribution in [-0.4, -0.2) is 19.1 Å². The van der Waals surface area contributed by atoms with E-state index in [4.69, 9.17) is 5.73 Å². The van der Waals surface area contributed by atoms with Gasteiger partial charge < -0.3 is 11.1 Å². The van der Waals surface area contributed by atoms with Crippen LogP contribution in [-0.2, 0) is 0 Å². The Hall–Kier alpha value is -0.600. The van der Waals surface area contributed by atoms with Gasteiger partial charge in [-0.15, -0.1) is 13.2 Å². The van der Waals surface area contributed by atoms with Crippen LogP contribution in [0.25, 0.3) is 0 Å². The number of nitrogens with two attached hydrogens (primary N) is 1. The average molecular weight is 212 g/mol. The number of piperidine rings is 1. The van der Waals surface area contributed by atoms with Crippen molar-refractivity contribution in [3.63, 3.8) is 0 Å². The van der Waals surface area contributed by atoms with Crippen LogP contribution in [0, 0.1) is 0 Å². The van der Waals surface area contributed by atoms with Crippen molar-refractivity contribution < 1.29 is 0 Å². The molecule has 1 saturated heterocycles. The highest BCUT2D eigenvalue weighted by Gasteiger charge is 2.05. The van der Waals surface area contributed by atoms with Crippen molar-refractivity contribution in [2.75, 3.05) is 13.1 Å². The van der Waals surface area contributed by atoms with Crippen LogP contribution in [0.5, 0.6) is 0 Å². The summed E-state index contributed by atoms with van der Waals surface area (Å²) < 4.78 is 0. The van der Waals surface area contributed by atoms with Gasteiger partial charge in [0, 0.05) is 12.6 Å². The summed E-state index contributed by atoms with van der Waals surface area (Å²) in [5, 5.41) is 3.21. The summed E-state index contributed by atoms with van der Waals surface area (Å²) in [6.07, 6.45) is 5.31. The Kier molecular flexibility index (Phi) is 15.0. The molecular formula is C13H28N2. The number of nitrogens with one attached hydrogen (secondary N) is 1. The first kappa shape index (κ1) is 16.8. The maximum atomic E-state index is 5.57. The maximum Gasteiger partial charge on any atom is 0.0165 e. The molecule has 0 saturated carbocycles. The molecule has 1 atom stereocenters. The normalized spacial score (nSPS) is 18.8. The molecule has 1 heterocycles. The summed E-state index contributed by atoms with van der Waals surface area (Å²) in [6, 6.07) is 0.425. The van der Waals surface area contributed by atoms with E-state index in [0.717, 1.165) is 19.5 Å². The minimum absolute atomic E-state index is 0.425. The molecular weight excluding hydrogens is 184 g/mol. The SMILES string of the molecule is C=C(C)CC.C=CC.NC1CCCNC1. The third-order valence-electron chi connectivity index (χ3n) is 1.94. The van der Waals surface area contributed by atoms with E-state index in [2.05, 4.69) is 25.4 Å². The molecule has 0 aromatic heterocycles. The number of hydrogen-bond acceptors (Lipinski definition) is 2. The molecule has 3 N–H and O–H groups in total. The van der Waals surface area contributed by atoms with Crippen molar-refractivity contribution in [2.45, 2.75) is 46.1 Å². The van der Waals surface area contributed by atoms with Crippen molar-refractivity contribution >= 4 is 0 Å². The second-order valence-electron chi connectivity index (χ2n) is 3.83. The molecule has 15 heavy (non-hydrogen) atoms. The van der Waals surface area contributed by atoms with E-state index in [1.165, 1.54) is 18.4 Å². The van der Waals surface area contributed by atoms with Crippen LogP contribution >= 0.6 is 0 Å². The summed E-state index contributed by atoms with van der Waals surface area (Å²) in [5.41, 5.74) is 6.83. The summed E-state index contributed by atoms with van der Waals surface area (Å²) in [7, 11) is 0. The highest BCUT2D eigenvalue weighted by Crippen LogP contribution is 1.96. The molecule has 1 unspecified atom stereocenters. The maximum absolute atomic E-state index is 5.57. The zero-order valence-electron chi connectivity index (χ0n) is 10.7. The van der Waals surface area contributed by atoms with Gasteiger partial charge in [0.15, 0.2) is 0 Å². The fourth-order valence-corrected chi connectivity index (χ4v) is 0.879. The lowest BCUT2D eigenvalue weighted by Gasteiger charge is -2.17. The lowest BCUT2D eigenvalue weighted by atomic mass is 10.1. The van der Waals surface area contributed by atoms with Crippen molar-refractivity contribution in [1.29, 1.82) is 0 Å². The van der Waals surface area contributed by atoms with Crippen LogP contribution in [0.4, 0.5) is 0 Å². The topological polar surface area (TPSA) is 38.0 Å². The Bertz CT molecular complexity index is 147. The Morgan fingerprint density at radius 1 is 1.60 bits per heavy atom. The van der Waals surface area contributed by atoms with E-state index in [9.17, 15) is 0 Å². The molecule has 0 spiro atoms. The minimum atomic E-state index is 0.425. The quantitative estimate of drug-likeness (QED) is 0.656. The molecule has 0 aromatic rings. The largest absolute Gasteiger partial charge is 0.327 e. The molecule has 90 valence electrons. The lowest BCUT2D eigenvalue weighted by molar-refractivity contribution is 0.459. The fourth-order valence-electron chi connectivity index (χ4n) is 0.879. The molecule has 1 aliphatic heterocycles. The van der Waals surface area contributed by atoms with Crippen molar-refractivity contribution in [2.24, 2.45) is 5.73 Å². The second kappa shape index (κ2) is 13.4. The van der Waals surface area contributed by atoms with Gasteiger partial charge in [0.2, 0.25) is 0 Å². The van der Waals surface area contributed by atoms with Crippen LogP contribution in [0.1, 0.15) is 40.0 Å². The van der Waals surface area contributed by atoms with Crippen molar-refractivity contribution in [3.8, 4) is 0 Å². The van der Waals surface area contributed by atoms with Crippen LogP contribution in [0.2, 0.25) is 0 Å². The van der Waals surface area contributed by atoms with Crippen LogP contribution < -0.4 is 11.1 Å². The summed E-state index contributed by atoms with van der Waals surface area (Å²) in [4.78, 5) is 0. The molecule has 0 amide bonds. The molecule has 1 fully saturated rings. The summed E-state index contributed by atoms with van der Waals surface area (Å²) in [6.45, 7) is 15.2. The van der Waals surface area contributed by atoms with Crippen molar-refractivity contribution in [3.05, 3.63) is 24.8 Å². The standard InChI is InChI=1S/C5H12N2.C5H10.C3H6/c6-5-2-1-3-7-4-5;1-4-5(2)3;1-3-2/h5,7H,1-4,6H2;2,4H2,1,3H3;3H,1H2,2H3. The number of rotatable bonds is 1. The van der Waals surface area contributed by atoms with Gasteiger partial charge in [0.05, 0.1) is 0 Å². The second-order valence-corrected chi connectivity index (χ2v) is 3.83. The summed E-state index contributed by atoms with van der Waals surface area (Å²) in [5.74, 6) is 0. The minimum Gasteiger partial charge on any atom is -0.327 e. The van der Waals surface area contributed by atoms with Gasteiger partial charge in [-0.2, -0.15) is 0 Å². The first-order valence-electron chi connectivity index (χ1n) is 5.76. The smallest absolute Gasteiger partial charge is 0.0165 e. The molecule has 0 bridgehead atoms.